The van der Waals surface area contributed by atoms with Crippen LogP contribution in [0.25, 0.3) is 0 Å². The Kier molecular flexibility index (Phi) is 4.12. The largest absolute Gasteiger partial charge is 0.439 e. The van der Waals surface area contributed by atoms with E-state index in [9.17, 15) is 0 Å². The summed E-state index contributed by atoms with van der Waals surface area (Å²) in [5.74, 6) is 1.16. The van der Waals surface area contributed by atoms with E-state index in [2.05, 4.69) is 9.97 Å². The Morgan fingerprint density at radius 3 is 2.94 bits per heavy atom. The van der Waals surface area contributed by atoms with Crippen LogP contribution in [0, 0.1) is 6.92 Å². The molecule has 0 N–H and O–H groups in total. The van der Waals surface area contributed by atoms with Gasteiger partial charge in [0.25, 0.3) is 0 Å². The summed E-state index contributed by atoms with van der Waals surface area (Å²) in [6.45, 7) is 2.41. The van der Waals surface area contributed by atoms with E-state index in [0.717, 1.165) is 11.1 Å². The van der Waals surface area contributed by atoms with Gasteiger partial charge in [0.1, 0.15) is 5.75 Å². The first kappa shape index (κ1) is 12.8. The lowest BCUT2D eigenvalue weighted by Crippen LogP contribution is -1.94. The number of nitrogens with zero attached hydrogens (tertiary/aromatic N) is 2. The molecule has 0 bridgehead atoms. The number of ether oxygens (including phenoxy) is 2. The van der Waals surface area contributed by atoms with Gasteiger partial charge in [0.2, 0.25) is 11.2 Å². The van der Waals surface area contributed by atoms with Crippen molar-refractivity contribution < 1.29 is 9.47 Å². The summed E-state index contributed by atoms with van der Waals surface area (Å²) in [4.78, 5) is 7.93. The second-order valence-electron chi connectivity index (χ2n) is 3.81. The van der Waals surface area contributed by atoms with Crippen molar-refractivity contribution in [2.75, 3.05) is 7.11 Å². The van der Waals surface area contributed by atoms with E-state index in [1.54, 1.807) is 13.3 Å². The number of aryl methyl sites for hydroxylation is 1. The summed E-state index contributed by atoms with van der Waals surface area (Å²) < 4.78 is 10.8. The second-order valence-corrected chi connectivity index (χ2v) is 4.15. The van der Waals surface area contributed by atoms with E-state index in [4.69, 9.17) is 21.1 Å². The Labute approximate surface area is 111 Å². The first-order valence-electron chi connectivity index (χ1n) is 5.44. The number of benzene rings is 1. The average Bonchev–Trinajstić information content (AvgIpc) is 2.35. The summed E-state index contributed by atoms with van der Waals surface area (Å²) in [6.07, 6.45) is 1.63. The van der Waals surface area contributed by atoms with Crippen molar-refractivity contribution >= 4 is 11.6 Å². The van der Waals surface area contributed by atoms with Gasteiger partial charge >= 0.3 is 0 Å². The van der Waals surface area contributed by atoms with Gasteiger partial charge in [-0.05, 0) is 36.2 Å². The van der Waals surface area contributed by atoms with E-state index in [1.807, 2.05) is 31.2 Å². The number of rotatable bonds is 4. The number of halogens is 1. The third kappa shape index (κ3) is 3.18. The molecule has 2 aromatic rings. The highest BCUT2D eigenvalue weighted by Gasteiger charge is 2.05. The maximum atomic E-state index is 5.74. The molecule has 94 valence electrons. The Hall–Kier alpha value is -1.65. The molecule has 1 heterocycles. The maximum Gasteiger partial charge on any atom is 0.226 e. The van der Waals surface area contributed by atoms with Gasteiger partial charge in [-0.25, -0.2) is 4.98 Å². The number of hydrogen-bond acceptors (Lipinski definition) is 4. The van der Waals surface area contributed by atoms with Crippen LogP contribution in [0.2, 0.25) is 5.28 Å². The summed E-state index contributed by atoms with van der Waals surface area (Å²) in [7, 11) is 1.65. The minimum Gasteiger partial charge on any atom is -0.439 e. The van der Waals surface area contributed by atoms with Crippen LogP contribution in [-0.2, 0) is 11.3 Å². The highest BCUT2D eigenvalue weighted by atomic mass is 35.5. The van der Waals surface area contributed by atoms with Crippen LogP contribution in [0.5, 0.6) is 11.6 Å². The SMILES string of the molecule is COCc1cccc(Oc2nc(Cl)ncc2C)c1. The molecule has 0 unspecified atom stereocenters. The highest BCUT2D eigenvalue weighted by molar-refractivity contribution is 6.28. The van der Waals surface area contributed by atoms with Crippen molar-refractivity contribution in [1.29, 1.82) is 0 Å². The zero-order valence-corrected chi connectivity index (χ0v) is 10.9. The van der Waals surface area contributed by atoms with E-state index >= 15 is 0 Å². The third-order valence-corrected chi connectivity index (χ3v) is 2.50. The smallest absolute Gasteiger partial charge is 0.226 e. The molecule has 0 aliphatic rings. The minimum absolute atomic E-state index is 0.170. The molecule has 0 aliphatic carbocycles. The first-order chi connectivity index (χ1) is 8.69. The topological polar surface area (TPSA) is 44.2 Å². The number of aromatic nitrogens is 2. The molecule has 1 aromatic heterocycles. The van der Waals surface area contributed by atoms with E-state index < -0.39 is 0 Å². The Balaban J connectivity index is 2.22. The fourth-order valence-electron chi connectivity index (χ4n) is 1.49. The van der Waals surface area contributed by atoms with Gasteiger partial charge in [0.05, 0.1) is 6.61 Å². The van der Waals surface area contributed by atoms with Crippen LogP contribution in [0.1, 0.15) is 11.1 Å². The molecule has 0 aliphatic heterocycles. The lowest BCUT2D eigenvalue weighted by atomic mass is 10.2. The van der Waals surface area contributed by atoms with Crippen molar-refractivity contribution in [3.63, 3.8) is 0 Å². The summed E-state index contributed by atoms with van der Waals surface area (Å²) in [5.41, 5.74) is 1.87. The van der Waals surface area contributed by atoms with Gasteiger partial charge in [0.15, 0.2) is 0 Å². The second kappa shape index (κ2) is 5.80. The molecule has 0 fully saturated rings. The normalized spacial score (nSPS) is 10.4. The molecular formula is C13H13ClN2O2. The number of methoxy groups -OCH3 is 1. The molecular weight excluding hydrogens is 252 g/mol. The minimum atomic E-state index is 0.170. The maximum absolute atomic E-state index is 5.74. The van der Waals surface area contributed by atoms with Gasteiger partial charge in [-0.15, -0.1) is 0 Å². The number of hydrogen-bond donors (Lipinski definition) is 0. The lowest BCUT2D eigenvalue weighted by Gasteiger charge is -2.08. The summed E-state index contributed by atoms with van der Waals surface area (Å²) >= 11 is 5.74. The van der Waals surface area contributed by atoms with E-state index in [-0.39, 0.29) is 5.28 Å². The van der Waals surface area contributed by atoms with E-state index in [1.165, 1.54) is 0 Å². The Morgan fingerprint density at radius 1 is 1.33 bits per heavy atom. The van der Waals surface area contributed by atoms with Crippen molar-refractivity contribution in [2.45, 2.75) is 13.5 Å². The predicted octanol–water partition coefficient (Wildman–Crippen LogP) is 3.38. The molecule has 0 radical (unpaired) electrons. The van der Waals surface area contributed by atoms with Crippen molar-refractivity contribution in [1.82, 2.24) is 9.97 Å². The van der Waals surface area contributed by atoms with Crippen LogP contribution in [0.15, 0.2) is 30.5 Å². The summed E-state index contributed by atoms with van der Waals surface area (Å²) in [6, 6.07) is 7.63. The fourth-order valence-corrected chi connectivity index (χ4v) is 1.61. The molecule has 18 heavy (non-hydrogen) atoms. The standard InChI is InChI=1S/C13H13ClN2O2/c1-9-7-15-13(14)16-12(9)18-11-5-3-4-10(6-11)8-17-2/h3-7H,8H2,1-2H3. The first-order valence-corrected chi connectivity index (χ1v) is 5.81. The molecule has 4 nitrogen and oxygen atoms in total. The lowest BCUT2D eigenvalue weighted by molar-refractivity contribution is 0.184. The molecule has 2 rings (SSSR count). The van der Waals surface area contributed by atoms with E-state index in [0.29, 0.717) is 18.2 Å². The molecule has 0 saturated heterocycles. The third-order valence-electron chi connectivity index (χ3n) is 2.32. The van der Waals surface area contributed by atoms with Crippen LogP contribution >= 0.6 is 11.6 Å². The molecule has 0 spiro atoms. The van der Waals surface area contributed by atoms with Crippen LogP contribution in [0.3, 0.4) is 0 Å². The zero-order chi connectivity index (χ0) is 13.0. The molecule has 0 saturated carbocycles. The monoisotopic (exact) mass is 264 g/mol. The predicted molar refractivity (Wildman–Crippen MR) is 69.0 cm³/mol. The Morgan fingerprint density at radius 2 is 2.17 bits per heavy atom. The average molecular weight is 265 g/mol. The highest BCUT2D eigenvalue weighted by Crippen LogP contribution is 2.24. The molecule has 5 heteroatoms. The summed E-state index contributed by atoms with van der Waals surface area (Å²) in [5, 5.41) is 0.170. The van der Waals surface area contributed by atoms with Crippen molar-refractivity contribution in [3.8, 4) is 11.6 Å². The Bertz CT molecular complexity index is 546. The molecule has 0 atom stereocenters. The quantitative estimate of drug-likeness (QED) is 0.794. The van der Waals surface area contributed by atoms with Gasteiger partial charge in [-0.3, -0.25) is 0 Å². The van der Waals surface area contributed by atoms with Crippen molar-refractivity contribution in [3.05, 3.63) is 46.9 Å². The van der Waals surface area contributed by atoms with Crippen molar-refractivity contribution in [2.24, 2.45) is 0 Å². The molecule has 1 aromatic carbocycles. The van der Waals surface area contributed by atoms with Gasteiger partial charge in [-0.2, -0.15) is 4.98 Å². The molecule has 0 amide bonds. The van der Waals surface area contributed by atoms with Crippen LogP contribution in [-0.4, -0.2) is 17.1 Å². The zero-order valence-electron chi connectivity index (χ0n) is 10.2. The fraction of sp³-hybridized carbons (Fsp3) is 0.231. The van der Waals surface area contributed by atoms with Gasteiger partial charge in [-0.1, -0.05) is 12.1 Å². The van der Waals surface area contributed by atoms with Gasteiger partial charge < -0.3 is 9.47 Å². The van der Waals surface area contributed by atoms with Crippen LogP contribution < -0.4 is 4.74 Å². The van der Waals surface area contributed by atoms with Crippen LogP contribution in [0.4, 0.5) is 0 Å². The van der Waals surface area contributed by atoms with Gasteiger partial charge in [0, 0.05) is 18.9 Å².